The Morgan fingerprint density at radius 3 is 2.48 bits per heavy atom. The Kier molecular flexibility index (Phi) is 10.2. The van der Waals surface area contributed by atoms with Crippen LogP contribution >= 0.6 is 11.3 Å². The van der Waals surface area contributed by atoms with E-state index in [1.165, 1.54) is 33.4 Å². The third-order valence-electron chi connectivity index (χ3n) is 8.71. The number of hydrazine groups is 1. The molecule has 2 atom stereocenters. The SMILES string of the molecule is CCCN(C(=O)NCc1ccc(F)cc1)N1CC(=O)N2[C@@H](Cc3ccc(OC(=O)N(C)C)cc3)C(=O)N(Cc3cccc4sc(N)nc34)C[C@@H]21. The van der Waals surface area contributed by atoms with Gasteiger partial charge in [0.05, 0.1) is 23.3 Å². The summed E-state index contributed by atoms with van der Waals surface area (Å²) in [6.45, 7) is 2.73. The molecule has 50 heavy (non-hydrogen) atoms. The molecule has 5 amide bonds. The summed E-state index contributed by atoms with van der Waals surface area (Å²) in [5, 5.41) is 6.60. The second-order valence-corrected chi connectivity index (χ2v) is 13.5. The van der Waals surface area contributed by atoms with Crippen LogP contribution in [0.1, 0.15) is 30.0 Å². The number of anilines is 1. The first-order valence-corrected chi connectivity index (χ1v) is 17.1. The van der Waals surface area contributed by atoms with Gasteiger partial charge in [-0.15, -0.1) is 0 Å². The summed E-state index contributed by atoms with van der Waals surface area (Å²) in [5.74, 6) is -0.524. The van der Waals surface area contributed by atoms with Crippen LogP contribution in [0, 0.1) is 5.82 Å². The number of amides is 5. The summed E-state index contributed by atoms with van der Waals surface area (Å²) >= 11 is 1.37. The zero-order chi connectivity index (χ0) is 35.5. The number of aromatic nitrogens is 1. The maximum Gasteiger partial charge on any atom is 0.414 e. The first kappa shape index (κ1) is 34.6. The van der Waals surface area contributed by atoms with Gasteiger partial charge in [0.25, 0.3) is 0 Å². The third-order valence-corrected chi connectivity index (χ3v) is 9.56. The average Bonchev–Trinajstić information content (AvgIpc) is 3.64. The molecule has 0 bridgehead atoms. The number of nitrogens with zero attached hydrogens (tertiary/aromatic N) is 6. The molecule has 4 aromatic rings. The van der Waals surface area contributed by atoms with Crippen LogP contribution in [-0.4, -0.2) is 99.6 Å². The van der Waals surface area contributed by atoms with Crippen LogP contribution in [0.4, 0.5) is 19.1 Å². The molecule has 2 aliphatic heterocycles. The summed E-state index contributed by atoms with van der Waals surface area (Å²) in [4.78, 5) is 63.0. The summed E-state index contributed by atoms with van der Waals surface area (Å²) in [5.41, 5.74) is 9.05. The lowest BCUT2D eigenvalue weighted by Gasteiger charge is -2.46. The maximum absolute atomic E-state index is 14.3. The maximum atomic E-state index is 14.3. The lowest BCUT2D eigenvalue weighted by atomic mass is 9.99. The number of benzene rings is 3. The van der Waals surface area contributed by atoms with E-state index in [-0.39, 0.29) is 50.2 Å². The second-order valence-electron chi connectivity index (χ2n) is 12.4. The summed E-state index contributed by atoms with van der Waals surface area (Å²) in [6, 6.07) is 17.2. The molecule has 2 aliphatic rings. The van der Waals surface area contributed by atoms with Crippen molar-refractivity contribution in [3.8, 4) is 5.75 Å². The average molecular weight is 703 g/mol. The number of piperazine rings is 1. The van der Waals surface area contributed by atoms with E-state index < -0.39 is 24.3 Å². The number of thiazole rings is 1. The van der Waals surface area contributed by atoms with Crippen molar-refractivity contribution in [2.24, 2.45) is 0 Å². The topological polar surface area (TPSA) is 145 Å². The number of rotatable bonds is 10. The van der Waals surface area contributed by atoms with Gasteiger partial charge in [0.1, 0.15) is 23.8 Å². The molecule has 262 valence electrons. The van der Waals surface area contributed by atoms with Crippen LogP contribution in [0.2, 0.25) is 0 Å². The number of halogens is 1. The summed E-state index contributed by atoms with van der Waals surface area (Å²) in [7, 11) is 3.18. The van der Waals surface area contributed by atoms with Gasteiger partial charge >= 0.3 is 12.1 Å². The van der Waals surface area contributed by atoms with E-state index in [2.05, 4.69) is 10.3 Å². The number of ether oxygens (including phenoxy) is 1. The number of urea groups is 1. The molecule has 13 nitrogen and oxygen atoms in total. The molecule has 3 heterocycles. The van der Waals surface area contributed by atoms with Crippen LogP contribution in [0.15, 0.2) is 66.7 Å². The standard InChI is InChI=1S/C35H39FN8O5S/c1-4-16-42(34(47)38-18-23-8-12-25(36)13-9-23)43-21-30(45)44-27(17-22-10-14-26(15-11-22)49-35(48)40(2)3)32(46)41(20-29(43)44)19-24-6-5-7-28-31(24)39-33(37)50-28/h5-15,27,29H,4,16-21H2,1-3H3,(H2,37,39)(H,38,47)/t27-,29+/m0/s1. The van der Waals surface area contributed by atoms with E-state index in [9.17, 15) is 23.6 Å². The second kappa shape index (κ2) is 14.7. The summed E-state index contributed by atoms with van der Waals surface area (Å²) < 4.78 is 19.7. The minimum atomic E-state index is -0.869. The van der Waals surface area contributed by atoms with E-state index >= 15 is 0 Å². The molecular weight excluding hydrogens is 664 g/mol. The predicted molar refractivity (Wildman–Crippen MR) is 186 cm³/mol. The van der Waals surface area contributed by atoms with Gasteiger partial charge < -0.3 is 30.5 Å². The molecule has 2 saturated heterocycles. The minimum Gasteiger partial charge on any atom is -0.410 e. The van der Waals surface area contributed by atoms with E-state index in [1.807, 2.05) is 25.1 Å². The molecule has 3 aromatic carbocycles. The Bertz CT molecular complexity index is 1890. The molecule has 0 saturated carbocycles. The Labute approximate surface area is 292 Å². The van der Waals surface area contributed by atoms with Gasteiger partial charge in [-0.3, -0.25) is 14.6 Å². The molecule has 6 rings (SSSR count). The first-order valence-electron chi connectivity index (χ1n) is 16.3. The van der Waals surface area contributed by atoms with Gasteiger partial charge in [-0.2, -0.15) is 5.01 Å². The van der Waals surface area contributed by atoms with Gasteiger partial charge in [-0.05, 0) is 53.4 Å². The fourth-order valence-electron chi connectivity index (χ4n) is 6.28. The summed E-state index contributed by atoms with van der Waals surface area (Å²) in [6.07, 6.45) is -0.332. The predicted octanol–water partition coefficient (Wildman–Crippen LogP) is 4.04. The number of carbonyl (C=O) groups excluding carboxylic acids is 4. The molecular formula is C35H39FN8O5S. The molecule has 1 aromatic heterocycles. The van der Waals surface area contributed by atoms with E-state index in [1.54, 1.807) is 65.3 Å². The van der Waals surface area contributed by atoms with E-state index in [0.29, 0.717) is 23.8 Å². The fraction of sp³-hybridized carbons (Fsp3) is 0.343. The highest BCUT2D eigenvalue weighted by molar-refractivity contribution is 7.22. The normalized spacial score (nSPS) is 17.6. The van der Waals surface area contributed by atoms with Crippen molar-refractivity contribution in [2.45, 2.75) is 45.1 Å². The Hall–Kier alpha value is -5.28. The Morgan fingerprint density at radius 1 is 1.06 bits per heavy atom. The van der Waals surface area contributed by atoms with Crippen molar-refractivity contribution < 1.29 is 28.3 Å². The van der Waals surface area contributed by atoms with Gasteiger partial charge in [0.2, 0.25) is 11.8 Å². The van der Waals surface area contributed by atoms with Crippen LogP contribution in [0.25, 0.3) is 10.2 Å². The number of fused-ring (bicyclic) bond motifs is 2. The smallest absolute Gasteiger partial charge is 0.410 e. The van der Waals surface area contributed by atoms with Crippen molar-refractivity contribution in [1.29, 1.82) is 0 Å². The minimum absolute atomic E-state index is 0.0934. The third kappa shape index (κ3) is 7.33. The van der Waals surface area contributed by atoms with Gasteiger partial charge in [-0.25, -0.2) is 19.0 Å². The van der Waals surface area contributed by atoms with Gasteiger partial charge in [0.15, 0.2) is 5.13 Å². The van der Waals surface area contributed by atoms with E-state index in [0.717, 1.165) is 26.9 Å². The number of carbonyl (C=O) groups is 4. The molecule has 3 N–H and O–H groups in total. The van der Waals surface area contributed by atoms with Crippen LogP contribution < -0.4 is 15.8 Å². The number of hydrogen-bond donors (Lipinski definition) is 2. The lowest BCUT2D eigenvalue weighted by molar-refractivity contribution is -0.157. The van der Waals surface area contributed by atoms with Gasteiger partial charge in [0, 0.05) is 40.2 Å². The molecule has 0 unspecified atom stereocenters. The van der Waals surface area contributed by atoms with Crippen LogP contribution in [-0.2, 0) is 29.1 Å². The van der Waals surface area contributed by atoms with Crippen molar-refractivity contribution >= 4 is 50.6 Å². The molecule has 0 aliphatic carbocycles. The molecule has 0 spiro atoms. The highest BCUT2D eigenvalue weighted by atomic mass is 32.1. The van der Waals surface area contributed by atoms with Crippen LogP contribution in [0.5, 0.6) is 5.75 Å². The number of nitrogen functional groups attached to an aromatic ring is 1. The van der Waals surface area contributed by atoms with E-state index in [4.69, 9.17) is 10.5 Å². The van der Waals surface area contributed by atoms with Gasteiger partial charge in [-0.1, -0.05) is 54.7 Å². The zero-order valence-electron chi connectivity index (χ0n) is 28.0. The Balaban J connectivity index is 1.29. The number of nitrogens with one attached hydrogen (secondary N) is 1. The highest BCUT2D eigenvalue weighted by Crippen LogP contribution is 2.33. The molecule has 2 fully saturated rings. The van der Waals surface area contributed by atoms with Crippen molar-refractivity contribution in [1.82, 2.24) is 35.0 Å². The monoisotopic (exact) mass is 702 g/mol. The zero-order valence-corrected chi connectivity index (χ0v) is 28.9. The number of nitrogens with two attached hydrogens (primary N) is 1. The van der Waals surface area contributed by atoms with Crippen molar-refractivity contribution in [3.63, 3.8) is 0 Å². The molecule has 0 radical (unpaired) electrons. The molecule has 15 heteroatoms. The Morgan fingerprint density at radius 2 is 1.78 bits per heavy atom. The number of hydrogen-bond acceptors (Lipinski definition) is 9. The van der Waals surface area contributed by atoms with Crippen LogP contribution in [0.3, 0.4) is 0 Å². The lowest BCUT2D eigenvalue weighted by Crippen LogP contribution is -2.66. The number of para-hydroxylation sites is 1. The van der Waals surface area contributed by atoms with Crippen molar-refractivity contribution in [3.05, 3.63) is 89.2 Å². The quantitative estimate of drug-likeness (QED) is 0.252. The highest BCUT2D eigenvalue weighted by Gasteiger charge is 2.52. The first-order chi connectivity index (χ1) is 24.0. The fourth-order valence-corrected chi connectivity index (χ4v) is 7.07. The van der Waals surface area contributed by atoms with Crippen molar-refractivity contribution in [2.75, 3.05) is 39.5 Å². The largest absolute Gasteiger partial charge is 0.414 e.